The van der Waals surface area contributed by atoms with Crippen molar-refractivity contribution in [3.63, 3.8) is 0 Å². The topological polar surface area (TPSA) is 80.9 Å². The van der Waals surface area contributed by atoms with Gasteiger partial charge in [-0.1, -0.05) is 0 Å². The van der Waals surface area contributed by atoms with E-state index in [9.17, 15) is 4.79 Å². The standard InChI is InChI=1S/C17H21N7OS/c1-22-7-13(6-21-22)8-23-9-14(24-15(10-23)3-5-20-24)2-4-18-17(25)16-11-26-12-19-16/h3,5-7,11-12,14H,2,4,8-10H2,1H3,(H,18,25). The van der Waals surface area contributed by atoms with Gasteiger partial charge in [-0.25, -0.2) is 4.98 Å². The summed E-state index contributed by atoms with van der Waals surface area (Å²) in [6, 6.07) is 2.30. The minimum atomic E-state index is -0.116. The number of amides is 1. The molecule has 4 heterocycles. The van der Waals surface area contributed by atoms with Gasteiger partial charge in [0.1, 0.15) is 5.69 Å². The van der Waals surface area contributed by atoms with Crippen LogP contribution in [0.4, 0.5) is 0 Å². The fourth-order valence-corrected chi connectivity index (χ4v) is 3.91. The van der Waals surface area contributed by atoms with Crippen LogP contribution in [0.25, 0.3) is 0 Å². The lowest BCUT2D eigenvalue weighted by Crippen LogP contribution is -2.38. The van der Waals surface area contributed by atoms with Crippen LogP contribution in [0.1, 0.15) is 34.2 Å². The van der Waals surface area contributed by atoms with Crippen LogP contribution in [0.2, 0.25) is 0 Å². The molecule has 1 atom stereocenters. The van der Waals surface area contributed by atoms with E-state index < -0.39 is 0 Å². The fraction of sp³-hybridized carbons (Fsp3) is 0.412. The smallest absolute Gasteiger partial charge is 0.270 e. The second kappa shape index (κ2) is 7.38. The molecule has 8 nitrogen and oxygen atoms in total. The zero-order valence-electron chi connectivity index (χ0n) is 14.6. The third-order valence-corrected chi connectivity index (χ3v) is 5.13. The van der Waals surface area contributed by atoms with Crippen molar-refractivity contribution in [2.75, 3.05) is 13.1 Å². The number of nitrogens with one attached hydrogen (secondary N) is 1. The highest BCUT2D eigenvalue weighted by Crippen LogP contribution is 2.24. The van der Waals surface area contributed by atoms with Gasteiger partial charge in [-0.2, -0.15) is 10.2 Å². The molecule has 0 aliphatic carbocycles. The van der Waals surface area contributed by atoms with Gasteiger partial charge < -0.3 is 5.32 Å². The molecule has 1 aliphatic heterocycles. The number of hydrogen-bond acceptors (Lipinski definition) is 6. The number of hydrogen-bond donors (Lipinski definition) is 1. The first-order valence-corrected chi connectivity index (χ1v) is 9.52. The highest BCUT2D eigenvalue weighted by molar-refractivity contribution is 7.07. The molecule has 136 valence electrons. The molecule has 9 heteroatoms. The Morgan fingerprint density at radius 1 is 1.42 bits per heavy atom. The summed E-state index contributed by atoms with van der Waals surface area (Å²) in [5.41, 5.74) is 4.56. The van der Waals surface area contributed by atoms with Gasteiger partial charge in [-0.05, 0) is 12.5 Å². The summed E-state index contributed by atoms with van der Waals surface area (Å²) in [5, 5.41) is 13.4. The normalized spacial score (nSPS) is 17.2. The summed E-state index contributed by atoms with van der Waals surface area (Å²) in [6.07, 6.45) is 6.64. The van der Waals surface area contributed by atoms with Crippen LogP contribution >= 0.6 is 11.3 Å². The van der Waals surface area contributed by atoms with Crippen LogP contribution in [0, 0.1) is 0 Å². The molecule has 26 heavy (non-hydrogen) atoms. The molecule has 0 saturated heterocycles. The van der Waals surface area contributed by atoms with Crippen molar-refractivity contribution in [2.45, 2.75) is 25.6 Å². The number of carbonyl (C=O) groups excluding carboxylic acids is 1. The van der Waals surface area contributed by atoms with E-state index in [4.69, 9.17) is 0 Å². The van der Waals surface area contributed by atoms with Crippen molar-refractivity contribution >= 4 is 17.2 Å². The first-order chi connectivity index (χ1) is 12.7. The van der Waals surface area contributed by atoms with E-state index in [2.05, 4.69) is 42.3 Å². The van der Waals surface area contributed by atoms with Crippen LogP contribution in [0.15, 0.2) is 35.5 Å². The second-order valence-corrected chi connectivity index (χ2v) is 7.25. The zero-order chi connectivity index (χ0) is 17.9. The summed E-state index contributed by atoms with van der Waals surface area (Å²) in [4.78, 5) is 18.5. The van der Waals surface area contributed by atoms with Crippen molar-refractivity contribution in [1.82, 2.24) is 34.8 Å². The molecule has 0 aromatic carbocycles. The van der Waals surface area contributed by atoms with E-state index in [-0.39, 0.29) is 11.9 Å². The van der Waals surface area contributed by atoms with Crippen molar-refractivity contribution in [3.8, 4) is 0 Å². The molecule has 0 radical (unpaired) electrons. The molecule has 1 amide bonds. The highest BCUT2D eigenvalue weighted by Gasteiger charge is 2.25. The molecule has 0 fully saturated rings. The molecule has 0 saturated carbocycles. The van der Waals surface area contributed by atoms with E-state index in [1.165, 1.54) is 22.6 Å². The van der Waals surface area contributed by atoms with E-state index in [0.717, 1.165) is 26.1 Å². The summed E-state index contributed by atoms with van der Waals surface area (Å²) in [6.45, 7) is 3.23. The van der Waals surface area contributed by atoms with Crippen LogP contribution < -0.4 is 5.32 Å². The SMILES string of the molecule is Cn1cc(CN2Cc3ccnn3C(CCNC(=O)c3cscn3)C2)cn1. The van der Waals surface area contributed by atoms with Crippen molar-refractivity contribution in [1.29, 1.82) is 0 Å². The zero-order valence-corrected chi connectivity index (χ0v) is 15.4. The molecular formula is C17H21N7OS. The predicted octanol–water partition coefficient (Wildman–Crippen LogP) is 1.45. The number of nitrogens with zero attached hydrogens (tertiary/aromatic N) is 6. The fourth-order valence-electron chi connectivity index (χ4n) is 3.38. The second-order valence-electron chi connectivity index (χ2n) is 6.53. The van der Waals surface area contributed by atoms with Crippen LogP contribution in [0.5, 0.6) is 0 Å². The lowest BCUT2D eigenvalue weighted by Gasteiger charge is -2.33. The Morgan fingerprint density at radius 3 is 3.12 bits per heavy atom. The molecule has 1 unspecified atom stereocenters. The lowest BCUT2D eigenvalue weighted by atomic mass is 10.1. The molecular weight excluding hydrogens is 350 g/mol. The highest BCUT2D eigenvalue weighted by atomic mass is 32.1. The third kappa shape index (κ3) is 3.68. The Bertz CT molecular complexity index is 869. The first kappa shape index (κ1) is 16.9. The number of aromatic nitrogens is 5. The maximum absolute atomic E-state index is 12.0. The Balaban J connectivity index is 1.37. The van der Waals surface area contributed by atoms with Gasteiger partial charge in [0.25, 0.3) is 5.91 Å². The predicted molar refractivity (Wildman–Crippen MR) is 97.7 cm³/mol. The number of fused-ring (bicyclic) bond motifs is 1. The Labute approximate surface area is 155 Å². The van der Waals surface area contributed by atoms with Gasteiger partial charge in [0, 0.05) is 56.6 Å². The molecule has 1 aliphatic rings. The maximum Gasteiger partial charge on any atom is 0.270 e. The number of aryl methyl sites for hydroxylation is 1. The summed E-state index contributed by atoms with van der Waals surface area (Å²) >= 11 is 1.42. The Morgan fingerprint density at radius 2 is 2.35 bits per heavy atom. The largest absolute Gasteiger partial charge is 0.351 e. The number of rotatable bonds is 6. The minimum Gasteiger partial charge on any atom is -0.351 e. The number of carbonyl (C=O) groups is 1. The van der Waals surface area contributed by atoms with E-state index >= 15 is 0 Å². The molecule has 0 bridgehead atoms. The van der Waals surface area contributed by atoms with Crippen LogP contribution in [0.3, 0.4) is 0 Å². The quantitative estimate of drug-likeness (QED) is 0.709. The number of thiazole rings is 1. The summed E-state index contributed by atoms with van der Waals surface area (Å²) in [5.74, 6) is -0.116. The monoisotopic (exact) mass is 371 g/mol. The Hall–Kier alpha value is -2.52. The maximum atomic E-state index is 12.0. The van der Waals surface area contributed by atoms with E-state index in [1.807, 2.05) is 24.1 Å². The molecule has 4 rings (SSSR count). The lowest BCUT2D eigenvalue weighted by molar-refractivity contribution is 0.0942. The first-order valence-electron chi connectivity index (χ1n) is 8.57. The van der Waals surface area contributed by atoms with Gasteiger partial charge in [-0.3, -0.25) is 19.1 Å². The van der Waals surface area contributed by atoms with Crippen LogP contribution in [-0.2, 0) is 20.1 Å². The molecule has 1 N–H and O–H groups in total. The molecule has 0 spiro atoms. The van der Waals surface area contributed by atoms with Crippen molar-refractivity contribution in [3.05, 3.63) is 52.5 Å². The van der Waals surface area contributed by atoms with Crippen LogP contribution in [-0.4, -0.2) is 48.4 Å². The van der Waals surface area contributed by atoms with E-state index in [1.54, 1.807) is 10.9 Å². The van der Waals surface area contributed by atoms with Crippen molar-refractivity contribution < 1.29 is 4.79 Å². The van der Waals surface area contributed by atoms with Crippen molar-refractivity contribution in [2.24, 2.45) is 7.05 Å². The van der Waals surface area contributed by atoms with Gasteiger partial charge in [0.15, 0.2) is 0 Å². The van der Waals surface area contributed by atoms with Gasteiger partial charge in [0.2, 0.25) is 0 Å². The molecule has 3 aromatic heterocycles. The average Bonchev–Trinajstić information content (AvgIpc) is 3.36. The van der Waals surface area contributed by atoms with Gasteiger partial charge >= 0.3 is 0 Å². The molecule has 3 aromatic rings. The third-order valence-electron chi connectivity index (χ3n) is 4.55. The minimum absolute atomic E-state index is 0.116. The Kier molecular flexibility index (Phi) is 4.81. The summed E-state index contributed by atoms with van der Waals surface area (Å²) < 4.78 is 3.92. The van der Waals surface area contributed by atoms with Gasteiger partial charge in [-0.15, -0.1) is 11.3 Å². The average molecular weight is 371 g/mol. The van der Waals surface area contributed by atoms with E-state index in [0.29, 0.717) is 12.2 Å². The van der Waals surface area contributed by atoms with Gasteiger partial charge in [0.05, 0.1) is 23.4 Å². The summed E-state index contributed by atoms with van der Waals surface area (Å²) in [7, 11) is 1.93.